The first-order chi connectivity index (χ1) is 14.0. The molecule has 9 heteroatoms. The number of carbonyl (C=O) groups is 1. The van der Waals surface area contributed by atoms with Gasteiger partial charge in [-0.3, -0.25) is 4.79 Å². The Morgan fingerprint density at radius 1 is 1.24 bits per heavy atom. The molecule has 0 bridgehead atoms. The van der Waals surface area contributed by atoms with Crippen LogP contribution in [0.2, 0.25) is 0 Å². The van der Waals surface area contributed by atoms with Crippen LogP contribution < -0.4 is 0 Å². The number of rotatable bonds is 7. The molecule has 29 heavy (non-hydrogen) atoms. The maximum atomic E-state index is 13.1. The van der Waals surface area contributed by atoms with Crippen LogP contribution in [-0.2, 0) is 22.3 Å². The molecule has 8 nitrogen and oxygen atoms in total. The van der Waals surface area contributed by atoms with E-state index in [2.05, 4.69) is 17.0 Å². The van der Waals surface area contributed by atoms with Gasteiger partial charge in [0.1, 0.15) is 10.7 Å². The van der Waals surface area contributed by atoms with Gasteiger partial charge in [0.15, 0.2) is 5.65 Å². The number of amides is 1. The molecule has 1 atom stereocenters. The van der Waals surface area contributed by atoms with E-state index in [1.54, 1.807) is 35.0 Å². The molecular weight excluding hydrogens is 390 g/mol. The number of ether oxygens (including phenoxy) is 2. The van der Waals surface area contributed by atoms with Crippen molar-refractivity contribution in [3.05, 3.63) is 22.1 Å². The zero-order valence-corrected chi connectivity index (χ0v) is 18.2. The normalized spacial score (nSPS) is 16.5. The van der Waals surface area contributed by atoms with Gasteiger partial charge in [0.05, 0.1) is 18.6 Å². The number of hydrogen-bond acceptors (Lipinski definition) is 7. The lowest BCUT2D eigenvalue weighted by molar-refractivity contribution is 0.0616. The lowest BCUT2D eigenvalue weighted by Crippen LogP contribution is -2.37. The first-order valence-electron chi connectivity index (χ1n) is 9.98. The Labute approximate surface area is 173 Å². The highest BCUT2D eigenvalue weighted by Gasteiger charge is 2.27. The van der Waals surface area contributed by atoms with E-state index in [1.165, 1.54) is 16.9 Å². The van der Waals surface area contributed by atoms with Gasteiger partial charge in [-0.25, -0.2) is 9.97 Å². The number of aromatic nitrogens is 4. The molecule has 0 saturated heterocycles. The van der Waals surface area contributed by atoms with Gasteiger partial charge in [-0.15, -0.1) is 16.4 Å². The van der Waals surface area contributed by atoms with Crippen LogP contribution in [-0.4, -0.2) is 70.9 Å². The molecule has 0 unspecified atom stereocenters. The molecule has 4 rings (SSSR count). The Morgan fingerprint density at radius 3 is 2.66 bits per heavy atom. The predicted octanol–water partition coefficient (Wildman–Crippen LogP) is 2.51. The number of thiophene rings is 1. The van der Waals surface area contributed by atoms with Crippen LogP contribution in [0.25, 0.3) is 15.9 Å². The zero-order valence-electron chi connectivity index (χ0n) is 17.4. The summed E-state index contributed by atoms with van der Waals surface area (Å²) in [7, 11) is 3.24. The highest BCUT2D eigenvalue weighted by molar-refractivity contribution is 7.19. The Kier molecular flexibility index (Phi) is 5.80. The van der Waals surface area contributed by atoms with Crippen LogP contribution in [0.5, 0.6) is 0 Å². The van der Waals surface area contributed by atoms with Crippen molar-refractivity contribution in [3.8, 4) is 0 Å². The van der Waals surface area contributed by atoms with Crippen LogP contribution in [0.4, 0.5) is 0 Å². The Morgan fingerprint density at radius 2 is 1.97 bits per heavy atom. The molecule has 156 valence electrons. The highest BCUT2D eigenvalue weighted by atomic mass is 32.1. The predicted molar refractivity (Wildman–Crippen MR) is 112 cm³/mol. The molecule has 0 fully saturated rings. The third kappa shape index (κ3) is 3.74. The van der Waals surface area contributed by atoms with E-state index in [9.17, 15) is 4.79 Å². The second-order valence-electron chi connectivity index (χ2n) is 7.64. The summed E-state index contributed by atoms with van der Waals surface area (Å²) in [5.41, 5.74) is 2.07. The molecule has 0 aromatic carbocycles. The molecule has 3 heterocycles. The van der Waals surface area contributed by atoms with Crippen molar-refractivity contribution in [2.45, 2.75) is 33.1 Å². The fraction of sp³-hybridized carbons (Fsp3) is 0.600. The van der Waals surface area contributed by atoms with E-state index in [1.807, 2.05) is 6.92 Å². The molecule has 1 aliphatic rings. The summed E-state index contributed by atoms with van der Waals surface area (Å²) in [6, 6.07) is 0. The average Bonchev–Trinajstić information content (AvgIpc) is 3.29. The van der Waals surface area contributed by atoms with Crippen LogP contribution in [0.15, 0.2) is 0 Å². The second-order valence-corrected chi connectivity index (χ2v) is 8.72. The van der Waals surface area contributed by atoms with Crippen molar-refractivity contribution in [2.24, 2.45) is 5.92 Å². The first-order valence-corrected chi connectivity index (χ1v) is 10.8. The van der Waals surface area contributed by atoms with E-state index in [0.717, 1.165) is 34.5 Å². The lowest BCUT2D eigenvalue weighted by atomic mass is 9.89. The van der Waals surface area contributed by atoms with Crippen molar-refractivity contribution >= 4 is 33.1 Å². The van der Waals surface area contributed by atoms with E-state index < -0.39 is 0 Å². The maximum absolute atomic E-state index is 13.1. The largest absolute Gasteiger partial charge is 0.383 e. The van der Waals surface area contributed by atoms with Crippen molar-refractivity contribution in [1.82, 2.24) is 24.5 Å². The molecule has 0 aliphatic heterocycles. The molecule has 3 aromatic rings. The molecule has 3 aromatic heterocycles. The van der Waals surface area contributed by atoms with Gasteiger partial charge in [0.2, 0.25) is 5.82 Å². The third-order valence-electron chi connectivity index (χ3n) is 5.50. The van der Waals surface area contributed by atoms with Gasteiger partial charge in [-0.05, 0) is 37.7 Å². The molecule has 0 spiro atoms. The molecule has 0 N–H and O–H groups in total. The standard InChI is InChI=1S/C20H27N5O3S/c1-12-5-6-15-14(11-12)16-18-22-17(23-25(18)13(2)21-19(16)29-15)20(26)24(7-9-27-3)8-10-28-4/h12H,5-11H2,1-4H3/t12-/m1/s1. The quantitative estimate of drug-likeness (QED) is 0.588. The van der Waals surface area contributed by atoms with Crippen LogP contribution >= 0.6 is 11.3 Å². The number of nitrogens with zero attached hydrogens (tertiary/aromatic N) is 5. The Hall–Kier alpha value is -2.10. The van der Waals surface area contributed by atoms with Gasteiger partial charge in [0, 0.05) is 32.2 Å². The summed E-state index contributed by atoms with van der Waals surface area (Å²) in [5.74, 6) is 1.36. The summed E-state index contributed by atoms with van der Waals surface area (Å²) in [5, 5.41) is 5.59. The Bertz CT molecular complexity index is 1040. The smallest absolute Gasteiger partial charge is 0.293 e. The minimum Gasteiger partial charge on any atom is -0.383 e. The number of carbonyl (C=O) groups excluding carboxylic acids is 1. The summed E-state index contributed by atoms with van der Waals surface area (Å²) in [6.45, 7) is 6.02. The van der Waals surface area contributed by atoms with Crippen molar-refractivity contribution in [2.75, 3.05) is 40.5 Å². The maximum Gasteiger partial charge on any atom is 0.293 e. The van der Waals surface area contributed by atoms with Gasteiger partial charge in [-0.2, -0.15) is 4.52 Å². The fourth-order valence-corrected chi connectivity index (χ4v) is 5.15. The summed E-state index contributed by atoms with van der Waals surface area (Å²) in [6.07, 6.45) is 3.32. The summed E-state index contributed by atoms with van der Waals surface area (Å²) < 4.78 is 12.0. The summed E-state index contributed by atoms with van der Waals surface area (Å²) >= 11 is 1.76. The van der Waals surface area contributed by atoms with Crippen molar-refractivity contribution in [1.29, 1.82) is 0 Å². The van der Waals surface area contributed by atoms with E-state index in [4.69, 9.17) is 14.5 Å². The highest BCUT2D eigenvalue weighted by Crippen LogP contribution is 2.39. The molecule has 1 amide bonds. The van der Waals surface area contributed by atoms with Crippen LogP contribution in [0.1, 0.15) is 40.2 Å². The average molecular weight is 418 g/mol. The van der Waals surface area contributed by atoms with Crippen molar-refractivity contribution < 1.29 is 14.3 Å². The Balaban J connectivity index is 1.78. The van der Waals surface area contributed by atoms with Gasteiger partial charge >= 0.3 is 0 Å². The topological polar surface area (TPSA) is 81.9 Å². The van der Waals surface area contributed by atoms with Gasteiger partial charge in [0.25, 0.3) is 5.91 Å². The van der Waals surface area contributed by atoms with Gasteiger partial charge in [-0.1, -0.05) is 6.92 Å². The summed E-state index contributed by atoms with van der Waals surface area (Å²) in [4.78, 5) is 26.6. The lowest BCUT2D eigenvalue weighted by Gasteiger charge is -2.20. The van der Waals surface area contributed by atoms with E-state index in [0.29, 0.717) is 32.2 Å². The zero-order chi connectivity index (χ0) is 20.5. The monoisotopic (exact) mass is 417 g/mol. The minimum atomic E-state index is -0.215. The fourth-order valence-electron chi connectivity index (χ4n) is 3.90. The number of hydrogen-bond donors (Lipinski definition) is 0. The van der Waals surface area contributed by atoms with Crippen molar-refractivity contribution in [3.63, 3.8) is 0 Å². The number of aryl methyl sites for hydroxylation is 2. The van der Waals surface area contributed by atoms with Crippen LogP contribution in [0, 0.1) is 12.8 Å². The van der Waals surface area contributed by atoms with E-state index >= 15 is 0 Å². The third-order valence-corrected chi connectivity index (χ3v) is 6.68. The SMILES string of the molecule is COCCN(CCOC)C(=O)c1nc2c3c4c(sc3nc(C)n2n1)CC[C@@H](C)C4. The first kappa shape index (κ1) is 20.2. The molecule has 0 saturated carbocycles. The van der Waals surface area contributed by atoms with Gasteiger partial charge < -0.3 is 14.4 Å². The molecule has 0 radical (unpaired) electrons. The van der Waals surface area contributed by atoms with Crippen LogP contribution in [0.3, 0.4) is 0 Å². The molecule has 1 aliphatic carbocycles. The molecular formula is C20H27N5O3S. The van der Waals surface area contributed by atoms with E-state index in [-0.39, 0.29) is 11.7 Å². The minimum absolute atomic E-state index is 0.193. The number of methoxy groups -OCH3 is 2. The number of fused-ring (bicyclic) bond motifs is 5. The second kappa shape index (κ2) is 8.33.